The van der Waals surface area contributed by atoms with Crippen LogP contribution in [0.3, 0.4) is 0 Å². The number of ether oxygens (including phenoxy) is 1. The zero-order valence-corrected chi connectivity index (χ0v) is 18.5. The van der Waals surface area contributed by atoms with E-state index in [1.54, 1.807) is 0 Å². The fourth-order valence-electron chi connectivity index (χ4n) is 3.80. The van der Waals surface area contributed by atoms with E-state index in [1.807, 2.05) is 48.2 Å². The normalized spacial score (nSPS) is 14.1. The highest BCUT2D eigenvalue weighted by atomic mass is 35.5. The van der Waals surface area contributed by atoms with Crippen molar-refractivity contribution in [3.8, 4) is 0 Å². The first-order valence-electron chi connectivity index (χ1n) is 10.7. The van der Waals surface area contributed by atoms with Crippen LogP contribution in [-0.2, 0) is 22.5 Å². The average molecular weight is 439 g/mol. The predicted octanol–water partition coefficient (Wildman–Crippen LogP) is 4.10. The summed E-state index contributed by atoms with van der Waals surface area (Å²) in [4.78, 5) is 26.4. The number of rotatable bonds is 7. The maximum Gasteiger partial charge on any atom is 0.224 e. The number of carbonyl (C=O) groups is 1. The summed E-state index contributed by atoms with van der Waals surface area (Å²) in [6.07, 6.45) is 1.15. The molecule has 0 aliphatic carbocycles. The molecule has 1 aliphatic heterocycles. The molecular formula is C24H27ClN4O2. The first-order chi connectivity index (χ1) is 15.1. The molecule has 2 heterocycles. The number of halogens is 1. The van der Waals surface area contributed by atoms with Crippen molar-refractivity contribution in [3.05, 3.63) is 64.9 Å². The lowest BCUT2D eigenvalue weighted by Gasteiger charge is -2.29. The lowest BCUT2D eigenvalue weighted by molar-refractivity contribution is -0.135. The van der Waals surface area contributed by atoms with E-state index in [-0.39, 0.29) is 5.91 Å². The molecule has 0 radical (unpaired) electrons. The zero-order valence-electron chi connectivity index (χ0n) is 17.8. The van der Waals surface area contributed by atoms with Gasteiger partial charge in [0.05, 0.1) is 18.7 Å². The highest BCUT2D eigenvalue weighted by Crippen LogP contribution is 2.28. The van der Waals surface area contributed by atoms with Gasteiger partial charge in [-0.15, -0.1) is 0 Å². The maximum atomic E-state index is 12.8. The van der Waals surface area contributed by atoms with Gasteiger partial charge in [-0.3, -0.25) is 4.79 Å². The Morgan fingerprint density at radius 2 is 1.90 bits per heavy atom. The summed E-state index contributed by atoms with van der Waals surface area (Å²) in [7, 11) is 0. The Balaban J connectivity index is 1.66. The van der Waals surface area contributed by atoms with Crippen molar-refractivity contribution in [2.24, 2.45) is 0 Å². The second-order valence-electron chi connectivity index (χ2n) is 7.63. The third kappa shape index (κ3) is 5.32. The molecule has 1 aliphatic rings. The smallest absolute Gasteiger partial charge is 0.224 e. The van der Waals surface area contributed by atoms with Crippen LogP contribution in [0.4, 0.5) is 5.82 Å². The summed E-state index contributed by atoms with van der Waals surface area (Å²) in [6.45, 7) is 5.81. The molecule has 0 bridgehead atoms. The fraction of sp³-hybridized carbons (Fsp3) is 0.375. The van der Waals surface area contributed by atoms with Crippen LogP contribution in [0.15, 0.2) is 48.5 Å². The Hall–Kier alpha value is -2.70. The van der Waals surface area contributed by atoms with Gasteiger partial charge in [0.1, 0.15) is 11.6 Å². The van der Waals surface area contributed by atoms with Gasteiger partial charge >= 0.3 is 0 Å². The van der Waals surface area contributed by atoms with Crippen molar-refractivity contribution in [1.29, 1.82) is 0 Å². The molecule has 0 atom stereocenters. The van der Waals surface area contributed by atoms with Gasteiger partial charge in [-0.25, -0.2) is 9.97 Å². The molecule has 1 aromatic heterocycles. The SMILES string of the molecule is CCc1nc(N(CCC(=O)N2CCOCC2)Cc2ccccc2)c2ccc(Cl)cc2n1. The molecule has 1 fully saturated rings. The van der Waals surface area contributed by atoms with Gasteiger partial charge in [0.15, 0.2) is 0 Å². The quantitative estimate of drug-likeness (QED) is 0.555. The first-order valence-corrected chi connectivity index (χ1v) is 11.1. The van der Waals surface area contributed by atoms with Gasteiger partial charge in [0.2, 0.25) is 5.91 Å². The molecule has 0 spiro atoms. The Morgan fingerprint density at radius 3 is 2.65 bits per heavy atom. The second kappa shape index (κ2) is 10.1. The van der Waals surface area contributed by atoms with Crippen molar-refractivity contribution >= 4 is 34.2 Å². The minimum absolute atomic E-state index is 0.151. The summed E-state index contributed by atoms with van der Waals surface area (Å²) < 4.78 is 5.38. The van der Waals surface area contributed by atoms with Crippen LogP contribution in [0.1, 0.15) is 24.7 Å². The molecule has 0 saturated carbocycles. The largest absolute Gasteiger partial charge is 0.378 e. The van der Waals surface area contributed by atoms with Crippen LogP contribution in [0.2, 0.25) is 5.02 Å². The molecule has 4 rings (SSSR count). The van der Waals surface area contributed by atoms with Gasteiger partial charge in [-0.05, 0) is 23.8 Å². The van der Waals surface area contributed by atoms with E-state index in [0.29, 0.717) is 50.8 Å². The molecule has 6 nitrogen and oxygen atoms in total. The number of carbonyl (C=O) groups excluding carboxylic acids is 1. The lowest BCUT2D eigenvalue weighted by Crippen LogP contribution is -2.42. The number of benzene rings is 2. The van der Waals surface area contributed by atoms with Crippen molar-refractivity contribution in [1.82, 2.24) is 14.9 Å². The third-order valence-corrected chi connectivity index (χ3v) is 5.71. The minimum Gasteiger partial charge on any atom is -0.378 e. The molecule has 1 amide bonds. The molecule has 7 heteroatoms. The van der Waals surface area contributed by atoms with Gasteiger partial charge in [-0.2, -0.15) is 0 Å². The Morgan fingerprint density at radius 1 is 1.13 bits per heavy atom. The van der Waals surface area contributed by atoms with Crippen molar-refractivity contribution in [2.45, 2.75) is 26.3 Å². The maximum absolute atomic E-state index is 12.8. The zero-order chi connectivity index (χ0) is 21.6. The topological polar surface area (TPSA) is 58.6 Å². The van der Waals surface area contributed by atoms with E-state index in [0.717, 1.165) is 29.0 Å². The standard InChI is InChI=1S/C24H27ClN4O2/c1-2-22-26-21-16-19(25)8-9-20(21)24(27-22)29(17-18-6-4-3-5-7-18)11-10-23(30)28-12-14-31-15-13-28/h3-9,16H,2,10-15,17H2,1H3. The van der Waals surface area contributed by atoms with E-state index < -0.39 is 0 Å². The van der Waals surface area contributed by atoms with E-state index in [2.05, 4.69) is 22.0 Å². The summed E-state index contributed by atoms with van der Waals surface area (Å²) >= 11 is 6.23. The number of hydrogen-bond acceptors (Lipinski definition) is 5. The second-order valence-corrected chi connectivity index (χ2v) is 8.07. The number of anilines is 1. The van der Waals surface area contributed by atoms with Gasteiger partial charge in [0.25, 0.3) is 0 Å². The molecule has 1 saturated heterocycles. The van der Waals surface area contributed by atoms with Crippen LogP contribution in [0.5, 0.6) is 0 Å². The summed E-state index contributed by atoms with van der Waals surface area (Å²) in [5, 5.41) is 1.59. The van der Waals surface area contributed by atoms with Crippen molar-refractivity contribution in [3.63, 3.8) is 0 Å². The van der Waals surface area contributed by atoms with E-state index in [4.69, 9.17) is 21.3 Å². The number of fused-ring (bicyclic) bond motifs is 1. The number of amides is 1. The molecule has 31 heavy (non-hydrogen) atoms. The molecule has 0 N–H and O–H groups in total. The van der Waals surface area contributed by atoms with Crippen molar-refractivity contribution in [2.75, 3.05) is 37.7 Å². The number of hydrogen-bond donors (Lipinski definition) is 0. The average Bonchev–Trinajstić information content (AvgIpc) is 2.81. The molecule has 2 aromatic carbocycles. The Labute approximate surface area is 187 Å². The summed E-state index contributed by atoms with van der Waals surface area (Å²) in [5.74, 6) is 1.76. The van der Waals surface area contributed by atoms with Crippen LogP contribution in [0.25, 0.3) is 10.9 Å². The van der Waals surface area contributed by atoms with Crippen LogP contribution in [-0.4, -0.2) is 53.6 Å². The number of aryl methyl sites for hydroxylation is 1. The molecule has 162 valence electrons. The third-order valence-electron chi connectivity index (χ3n) is 5.48. The summed E-state index contributed by atoms with van der Waals surface area (Å²) in [5.41, 5.74) is 1.99. The molecular weight excluding hydrogens is 412 g/mol. The highest BCUT2D eigenvalue weighted by Gasteiger charge is 2.20. The predicted molar refractivity (Wildman–Crippen MR) is 123 cm³/mol. The monoisotopic (exact) mass is 438 g/mol. The van der Waals surface area contributed by atoms with E-state index in [9.17, 15) is 4.79 Å². The lowest BCUT2D eigenvalue weighted by atomic mass is 10.1. The number of aromatic nitrogens is 2. The van der Waals surface area contributed by atoms with Crippen LogP contribution < -0.4 is 4.90 Å². The van der Waals surface area contributed by atoms with E-state index in [1.165, 1.54) is 5.56 Å². The van der Waals surface area contributed by atoms with Gasteiger partial charge in [-0.1, -0.05) is 48.9 Å². The number of nitrogens with zero attached hydrogens (tertiary/aromatic N) is 4. The molecule has 0 unspecified atom stereocenters. The van der Waals surface area contributed by atoms with Crippen LogP contribution in [0, 0.1) is 0 Å². The summed E-state index contributed by atoms with van der Waals surface area (Å²) in [6, 6.07) is 16.0. The Bertz CT molecular complexity index is 1040. The van der Waals surface area contributed by atoms with Crippen LogP contribution >= 0.6 is 11.6 Å². The van der Waals surface area contributed by atoms with Crippen molar-refractivity contribution < 1.29 is 9.53 Å². The highest BCUT2D eigenvalue weighted by molar-refractivity contribution is 6.31. The van der Waals surface area contributed by atoms with Gasteiger partial charge < -0.3 is 14.5 Å². The first kappa shape index (κ1) is 21.5. The van der Waals surface area contributed by atoms with E-state index >= 15 is 0 Å². The fourth-order valence-corrected chi connectivity index (χ4v) is 3.96. The number of morpholine rings is 1. The minimum atomic E-state index is 0.151. The Kier molecular flexibility index (Phi) is 6.99. The molecule has 3 aromatic rings. The van der Waals surface area contributed by atoms with Gasteiger partial charge in [0, 0.05) is 49.4 Å².